The molecule has 154 valence electrons. The summed E-state index contributed by atoms with van der Waals surface area (Å²) in [6, 6.07) is 14.8. The third-order valence-electron chi connectivity index (χ3n) is 6.49. The van der Waals surface area contributed by atoms with Crippen molar-refractivity contribution in [2.45, 2.75) is 44.9 Å². The van der Waals surface area contributed by atoms with Gasteiger partial charge in [-0.05, 0) is 31.5 Å². The Morgan fingerprint density at radius 1 is 1.21 bits per heavy atom. The first-order valence-corrected chi connectivity index (χ1v) is 10.5. The van der Waals surface area contributed by atoms with Crippen LogP contribution in [-0.2, 0) is 11.3 Å². The molecule has 0 unspecified atom stereocenters. The predicted octanol–water partition coefficient (Wildman–Crippen LogP) is 2.10. The highest BCUT2D eigenvalue weighted by Crippen LogP contribution is 2.48. The van der Waals surface area contributed by atoms with Crippen LogP contribution in [0.3, 0.4) is 0 Å². The van der Waals surface area contributed by atoms with Crippen LogP contribution in [0.5, 0.6) is 0 Å². The maximum atomic E-state index is 13.4. The molecule has 1 aromatic heterocycles. The van der Waals surface area contributed by atoms with Crippen molar-refractivity contribution in [1.29, 1.82) is 0 Å². The summed E-state index contributed by atoms with van der Waals surface area (Å²) in [6.45, 7) is 5.39. The summed E-state index contributed by atoms with van der Waals surface area (Å²) in [5.41, 5.74) is 1.89. The van der Waals surface area contributed by atoms with E-state index in [1.54, 1.807) is 16.7 Å². The molecule has 0 radical (unpaired) electrons. The number of benzene rings is 1. The molecule has 3 heterocycles. The lowest BCUT2D eigenvalue weighted by Gasteiger charge is -2.38. The van der Waals surface area contributed by atoms with Crippen molar-refractivity contribution >= 4 is 5.91 Å². The summed E-state index contributed by atoms with van der Waals surface area (Å²) in [5.74, 6) is -0.647. The standard InChI is InChI=1S/C23H29N3O3/c1-3-12-25-19-13-26-18(10-7-11-20(26)28)22(25)21(17(19)14-27)23(29)24-15(2)16-8-5-4-6-9-16/h4-11,15,17,19,21-22,27H,3,12-14H2,1-2H3,(H,24,29)/t15-,17-,19-,21+,22+/m1/s1. The highest BCUT2D eigenvalue weighted by molar-refractivity contribution is 5.81. The number of pyridine rings is 1. The fourth-order valence-electron chi connectivity index (χ4n) is 5.17. The highest BCUT2D eigenvalue weighted by Gasteiger charge is 2.55. The molecular formula is C23H29N3O3. The van der Waals surface area contributed by atoms with E-state index in [1.165, 1.54) is 0 Å². The smallest absolute Gasteiger partial charge is 0.250 e. The molecule has 0 saturated carbocycles. The molecule has 2 bridgehead atoms. The quantitative estimate of drug-likeness (QED) is 0.786. The van der Waals surface area contributed by atoms with E-state index in [4.69, 9.17) is 0 Å². The minimum absolute atomic E-state index is 0.0136. The van der Waals surface area contributed by atoms with E-state index in [9.17, 15) is 14.7 Å². The van der Waals surface area contributed by atoms with E-state index in [1.807, 2.05) is 43.3 Å². The van der Waals surface area contributed by atoms with Gasteiger partial charge in [0, 0.05) is 36.9 Å². The Morgan fingerprint density at radius 2 is 1.97 bits per heavy atom. The molecule has 1 amide bonds. The van der Waals surface area contributed by atoms with Gasteiger partial charge >= 0.3 is 0 Å². The van der Waals surface area contributed by atoms with Gasteiger partial charge in [0.25, 0.3) is 5.56 Å². The van der Waals surface area contributed by atoms with E-state index in [-0.39, 0.29) is 42.1 Å². The lowest BCUT2D eigenvalue weighted by molar-refractivity contribution is -0.128. The molecule has 6 nitrogen and oxygen atoms in total. The molecular weight excluding hydrogens is 366 g/mol. The van der Waals surface area contributed by atoms with E-state index in [0.717, 1.165) is 24.2 Å². The average Bonchev–Trinajstić information content (AvgIpc) is 2.94. The first kappa shape index (κ1) is 19.9. The molecule has 2 N–H and O–H groups in total. The number of amides is 1. The van der Waals surface area contributed by atoms with Crippen LogP contribution in [0, 0.1) is 11.8 Å². The molecule has 4 rings (SSSR count). The number of aliphatic hydroxyl groups is 1. The Labute approximate surface area is 171 Å². The van der Waals surface area contributed by atoms with Crippen LogP contribution in [0.4, 0.5) is 0 Å². The summed E-state index contributed by atoms with van der Waals surface area (Å²) in [5, 5.41) is 13.4. The number of carbonyl (C=O) groups excluding carboxylic acids is 1. The molecule has 5 atom stereocenters. The van der Waals surface area contributed by atoms with Gasteiger partial charge in [-0.2, -0.15) is 0 Å². The van der Waals surface area contributed by atoms with Gasteiger partial charge in [-0.3, -0.25) is 14.5 Å². The number of rotatable bonds is 6. The van der Waals surface area contributed by atoms with Crippen LogP contribution in [0.2, 0.25) is 0 Å². The van der Waals surface area contributed by atoms with Crippen LogP contribution < -0.4 is 10.9 Å². The number of nitrogens with zero attached hydrogens (tertiary/aromatic N) is 2. The van der Waals surface area contributed by atoms with Crippen LogP contribution in [0.1, 0.15) is 43.6 Å². The summed E-state index contributed by atoms with van der Waals surface area (Å²) in [4.78, 5) is 28.2. The normalized spacial score (nSPS) is 26.7. The number of aromatic nitrogens is 1. The summed E-state index contributed by atoms with van der Waals surface area (Å²) < 4.78 is 1.79. The third kappa shape index (κ3) is 3.40. The molecule has 2 aliphatic rings. The van der Waals surface area contributed by atoms with Crippen LogP contribution in [0.15, 0.2) is 53.3 Å². The average molecular weight is 396 g/mol. The van der Waals surface area contributed by atoms with E-state index in [0.29, 0.717) is 6.54 Å². The van der Waals surface area contributed by atoms with E-state index >= 15 is 0 Å². The zero-order valence-electron chi connectivity index (χ0n) is 17.0. The maximum Gasteiger partial charge on any atom is 0.250 e. The summed E-state index contributed by atoms with van der Waals surface area (Å²) in [7, 11) is 0. The van der Waals surface area contributed by atoms with E-state index in [2.05, 4.69) is 17.1 Å². The SMILES string of the molecule is CCCN1[C@@H]2Cn3c(cccc3=O)[C@H]1[C@@H](C(=O)N[C@H](C)c1ccccc1)[C@@H]2CO. The van der Waals surface area contributed by atoms with Crippen molar-refractivity contribution < 1.29 is 9.90 Å². The van der Waals surface area contributed by atoms with Crippen molar-refractivity contribution in [2.24, 2.45) is 11.8 Å². The fourth-order valence-corrected chi connectivity index (χ4v) is 5.17. The number of fused-ring (bicyclic) bond motifs is 4. The molecule has 0 aliphatic carbocycles. The van der Waals surface area contributed by atoms with Crippen LogP contribution in [0.25, 0.3) is 0 Å². The van der Waals surface area contributed by atoms with Crippen molar-refractivity contribution in [3.63, 3.8) is 0 Å². The Morgan fingerprint density at radius 3 is 2.66 bits per heavy atom. The zero-order chi connectivity index (χ0) is 20.5. The molecule has 29 heavy (non-hydrogen) atoms. The van der Waals surface area contributed by atoms with Crippen molar-refractivity contribution in [2.75, 3.05) is 13.2 Å². The van der Waals surface area contributed by atoms with Gasteiger partial charge in [-0.15, -0.1) is 0 Å². The Bertz CT molecular complexity index is 926. The minimum atomic E-state index is -0.390. The largest absolute Gasteiger partial charge is 0.396 e. The number of aliphatic hydroxyl groups excluding tert-OH is 1. The van der Waals surface area contributed by atoms with Crippen LogP contribution >= 0.6 is 0 Å². The molecule has 1 fully saturated rings. The van der Waals surface area contributed by atoms with Gasteiger partial charge in [0.15, 0.2) is 0 Å². The van der Waals surface area contributed by atoms with Crippen molar-refractivity contribution in [1.82, 2.24) is 14.8 Å². The van der Waals surface area contributed by atoms with Gasteiger partial charge in [0.05, 0.1) is 18.0 Å². The van der Waals surface area contributed by atoms with Gasteiger partial charge < -0.3 is 15.0 Å². The molecule has 1 aromatic carbocycles. The maximum absolute atomic E-state index is 13.4. The number of hydrogen-bond acceptors (Lipinski definition) is 4. The Hall–Kier alpha value is -2.44. The lowest BCUT2D eigenvalue weighted by atomic mass is 9.86. The topological polar surface area (TPSA) is 74.6 Å². The molecule has 1 saturated heterocycles. The van der Waals surface area contributed by atoms with Crippen molar-refractivity contribution in [3.8, 4) is 0 Å². The molecule has 2 aromatic rings. The lowest BCUT2D eigenvalue weighted by Crippen LogP contribution is -2.46. The van der Waals surface area contributed by atoms with Gasteiger partial charge in [-0.1, -0.05) is 43.3 Å². The highest BCUT2D eigenvalue weighted by atomic mass is 16.3. The second kappa shape index (κ2) is 8.13. The molecule has 2 aliphatic heterocycles. The predicted molar refractivity (Wildman–Crippen MR) is 111 cm³/mol. The molecule has 0 spiro atoms. The van der Waals surface area contributed by atoms with Gasteiger partial charge in [-0.25, -0.2) is 0 Å². The third-order valence-corrected chi connectivity index (χ3v) is 6.49. The Kier molecular flexibility index (Phi) is 5.56. The second-order valence-electron chi connectivity index (χ2n) is 8.16. The van der Waals surface area contributed by atoms with Crippen molar-refractivity contribution in [3.05, 3.63) is 70.1 Å². The molecule has 6 heteroatoms. The summed E-state index contributed by atoms with van der Waals surface area (Å²) in [6.07, 6.45) is 0.955. The minimum Gasteiger partial charge on any atom is -0.396 e. The van der Waals surface area contributed by atoms with E-state index < -0.39 is 5.92 Å². The number of hydrogen-bond donors (Lipinski definition) is 2. The second-order valence-corrected chi connectivity index (χ2v) is 8.16. The number of carbonyl (C=O) groups is 1. The fraction of sp³-hybridized carbons (Fsp3) is 0.478. The van der Waals surface area contributed by atoms with Gasteiger partial charge in [0.2, 0.25) is 5.91 Å². The Balaban J connectivity index is 1.69. The van der Waals surface area contributed by atoms with Gasteiger partial charge in [0.1, 0.15) is 0 Å². The first-order chi connectivity index (χ1) is 14.1. The zero-order valence-corrected chi connectivity index (χ0v) is 17.0. The monoisotopic (exact) mass is 395 g/mol. The number of nitrogens with one attached hydrogen (secondary N) is 1. The summed E-state index contributed by atoms with van der Waals surface area (Å²) >= 11 is 0. The first-order valence-electron chi connectivity index (χ1n) is 10.5. The van der Waals surface area contributed by atoms with Crippen LogP contribution in [-0.4, -0.2) is 39.7 Å².